The predicted octanol–water partition coefficient (Wildman–Crippen LogP) is 2.71. The third-order valence-corrected chi connectivity index (χ3v) is 6.80. The van der Waals surface area contributed by atoms with Gasteiger partial charge in [-0.15, -0.1) is 0 Å². The number of nitrogens with one attached hydrogen (secondary N) is 1. The molecule has 1 fully saturated rings. The highest BCUT2D eigenvalue weighted by atomic mass is 79.9. The number of carbonyl (C=O) groups is 1. The standard InChI is InChI=1S/C22H26BrClN3O10P/c1-3-34-27(16-6-4-15(24)5-7-16)13(2)21(30)37-38(32,33)35-12-18-17(28)10-19(36-18)26-11-14(8-9-23)20(29)25-22(26)31/h4-9,11,13,17-19,28H,3,10,12H2,1-2H3,(H,32,33)(H,25,29,31)/b9-8+/t13-,17-,18+,19+/m0/s1. The van der Waals surface area contributed by atoms with Gasteiger partial charge in [0.1, 0.15) is 12.3 Å². The van der Waals surface area contributed by atoms with Crippen molar-refractivity contribution in [3.05, 3.63) is 66.9 Å². The quantitative estimate of drug-likeness (QED) is 0.244. The summed E-state index contributed by atoms with van der Waals surface area (Å²) < 4.78 is 28.8. The molecule has 2 heterocycles. The Balaban J connectivity index is 1.63. The second-order valence-corrected chi connectivity index (χ2v) is 10.4. The molecule has 208 valence electrons. The van der Waals surface area contributed by atoms with E-state index in [4.69, 9.17) is 30.2 Å². The van der Waals surface area contributed by atoms with Crippen LogP contribution in [0.3, 0.4) is 0 Å². The van der Waals surface area contributed by atoms with Gasteiger partial charge < -0.3 is 14.4 Å². The molecule has 38 heavy (non-hydrogen) atoms. The fraction of sp³-hybridized carbons (Fsp3) is 0.409. The first-order valence-corrected chi connectivity index (χ1v) is 14.1. The zero-order valence-electron chi connectivity index (χ0n) is 20.2. The first kappa shape index (κ1) is 30.3. The summed E-state index contributed by atoms with van der Waals surface area (Å²) in [6, 6.07) is 5.22. The monoisotopic (exact) mass is 637 g/mol. The van der Waals surface area contributed by atoms with Crippen molar-refractivity contribution < 1.29 is 38.0 Å². The number of aromatic nitrogens is 2. The first-order chi connectivity index (χ1) is 18.0. The summed E-state index contributed by atoms with van der Waals surface area (Å²) in [6.07, 6.45) is -0.733. The molecule has 1 aliphatic heterocycles. The van der Waals surface area contributed by atoms with E-state index in [1.807, 2.05) is 0 Å². The molecule has 0 bridgehead atoms. The molecule has 5 atom stereocenters. The van der Waals surface area contributed by atoms with E-state index in [0.29, 0.717) is 10.7 Å². The number of phosphoric acid groups is 1. The smallest absolute Gasteiger partial charge is 0.390 e. The number of benzene rings is 1. The van der Waals surface area contributed by atoms with Gasteiger partial charge in [-0.3, -0.25) is 28.6 Å². The summed E-state index contributed by atoms with van der Waals surface area (Å²) in [5.41, 5.74) is -0.776. The van der Waals surface area contributed by atoms with Crippen LogP contribution >= 0.6 is 35.4 Å². The Hall–Kier alpha value is -2.29. The summed E-state index contributed by atoms with van der Waals surface area (Å²) in [5.74, 6) is -1.11. The number of aliphatic hydroxyl groups is 1. The van der Waals surface area contributed by atoms with Crippen molar-refractivity contribution in [2.75, 3.05) is 18.3 Å². The second kappa shape index (κ2) is 13.2. The number of ether oxygens (including phenoxy) is 1. The fourth-order valence-corrected chi connectivity index (χ4v) is 4.73. The van der Waals surface area contributed by atoms with Gasteiger partial charge in [-0.25, -0.2) is 19.2 Å². The average molecular weight is 639 g/mol. The lowest BCUT2D eigenvalue weighted by Crippen LogP contribution is -2.40. The zero-order chi connectivity index (χ0) is 28.0. The normalized spacial score (nSPS) is 21.8. The molecular formula is C22H26BrClN3O10P. The molecule has 0 saturated carbocycles. The lowest BCUT2D eigenvalue weighted by molar-refractivity contribution is -0.139. The van der Waals surface area contributed by atoms with Crippen LogP contribution in [-0.2, 0) is 28.0 Å². The average Bonchev–Trinajstić information content (AvgIpc) is 3.23. The number of phosphoric ester groups is 1. The van der Waals surface area contributed by atoms with Gasteiger partial charge in [0.2, 0.25) is 0 Å². The molecule has 0 radical (unpaired) electrons. The van der Waals surface area contributed by atoms with E-state index in [2.05, 4.69) is 20.9 Å². The zero-order valence-corrected chi connectivity index (χ0v) is 23.5. The summed E-state index contributed by atoms with van der Waals surface area (Å²) in [7, 11) is -4.94. The number of H-pyrrole nitrogens is 1. The SMILES string of the molecule is CCON(c1ccc(Cl)cc1)[C@@H](C)C(=O)OP(=O)(O)OC[C@H]1O[C@@H](n2cc(/C=C/Br)c(=O)[nH]c2=O)C[C@@H]1O. The van der Waals surface area contributed by atoms with Crippen molar-refractivity contribution in [2.24, 2.45) is 0 Å². The molecular weight excluding hydrogens is 613 g/mol. The molecule has 13 nitrogen and oxygen atoms in total. The number of carbonyl (C=O) groups excluding carboxylic acids is 1. The van der Waals surface area contributed by atoms with Gasteiger partial charge >= 0.3 is 19.5 Å². The highest BCUT2D eigenvalue weighted by Gasteiger charge is 2.39. The van der Waals surface area contributed by atoms with Gasteiger partial charge in [0, 0.05) is 17.6 Å². The van der Waals surface area contributed by atoms with Crippen LogP contribution in [0.4, 0.5) is 5.69 Å². The van der Waals surface area contributed by atoms with Crippen LogP contribution in [0.1, 0.15) is 32.1 Å². The Morgan fingerprint density at radius 2 is 2.08 bits per heavy atom. The maximum atomic E-state index is 12.6. The van der Waals surface area contributed by atoms with Crippen molar-refractivity contribution in [3.8, 4) is 0 Å². The summed E-state index contributed by atoms with van der Waals surface area (Å²) in [4.78, 5) is 55.9. The van der Waals surface area contributed by atoms with E-state index < -0.39 is 56.1 Å². The Morgan fingerprint density at radius 1 is 1.39 bits per heavy atom. The third kappa shape index (κ3) is 7.64. The highest BCUT2D eigenvalue weighted by molar-refractivity contribution is 9.11. The van der Waals surface area contributed by atoms with Crippen molar-refractivity contribution in [1.82, 2.24) is 9.55 Å². The molecule has 0 amide bonds. The van der Waals surface area contributed by atoms with Crippen LogP contribution in [-0.4, -0.2) is 57.0 Å². The highest BCUT2D eigenvalue weighted by Crippen LogP contribution is 2.45. The maximum Gasteiger partial charge on any atom is 0.529 e. The lowest BCUT2D eigenvalue weighted by atomic mass is 10.2. The lowest BCUT2D eigenvalue weighted by Gasteiger charge is -2.28. The third-order valence-electron chi connectivity index (χ3n) is 5.40. The van der Waals surface area contributed by atoms with Crippen LogP contribution < -0.4 is 16.3 Å². The number of hydrogen-bond donors (Lipinski definition) is 3. The molecule has 0 spiro atoms. The Labute approximate surface area is 230 Å². The number of hydrogen-bond acceptors (Lipinski definition) is 10. The number of aromatic amines is 1. The molecule has 1 aromatic heterocycles. The largest absolute Gasteiger partial charge is 0.529 e. The second-order valence-electron chi connectivity index (χ2n) is 8.05. The molecule has 3 rings (SSSR count). The predicted molar refractivity (Wildman–Crippen MR) is 141 cm³/mol. The van der Waals surface area contributed by atoms with Crippen LogP contribution in [0.15, 0.2) is 45.0 Å². The number of aliphatic hydroxyl groups excluding tert-OH is 1. The van der Waals surface area contributed by atoms with Crippen LogP contribution in [0.5, 0.6) is 0 Å². The van der Waals surface area contributed by atoms with Crippen molar-refractivity contribution in [2.45, 2.75) is 44.7 Å². The molecule has 0 aliphatic carbocycles. The molecule has 1 aromatic carbocycles. The van der Waals surface area contributed by atoms with Gasteiger partial charge in [0.25, 0.3) is 5.56 Å². The maximum absolute atomic E-state index is 12.6. The minimum atomic E-state index is -4.94. The number of halogens is 2. The number of rotatable bonds is 11. The van der Waals surface area contributed by atoms with E-state index in [9.17, 15) is 28.9 Å². The summed E-state index contributed by atoms with van der Waals surface area (Å²) >= 11 is 8.95. The number of hydroxylamine groups is 1. The minimum absolute atomic E-state index is 0.0750. The van der Waals surface area contributed by atoms with Crippen molar-refractivity contribution >= 4 is 53.1 Å². The molecule has 2 aromatic rings. The Morgan fingerprint density at radius 3 is 2.71 bits per heavy atom. The molecule has 16 heteroatoms. The van der Waals surface area contributed by atoms with Crippen LogP contribution in [0, 0.1) is 0 Å². The van der Waals surface area contributed by atoms with Gasteiger partial charge in [-0.2, -0.15) is 0 Å². The minimum Gasteiger partial charge on any atom is -0.390 e. The van der Waals surface area contributed by atoms with Crippen LogP contribution in [0.25, 0.3) is 6.08 Å². The topological polar surface area (TPSA) is 170 Å². The summed E-state index contributed by atoms with van der Waals surface area (Å²) in [6.45, 7) is 2.66. The molecule has 1 unspecified atom stereocenters. The first-order valence-electron chi connectivity index (χ1n) is 11.3. The van der Waals surface area contributed by atoms with Gasteiger partial charge in [-0.1, -0.05) is 27.5 Å². The van der Waals surface area contributed by atoms with E-state index >= 15 is 0 Å². The Kier molecular flexibility index (Phi) is 10.5. The van der Waals surface area contributed by atoms with E-state index in [1.54, 1.807) is 31.2 Å². The van der Waals surface area contributed by atoms with E-state index in [1.165, 1.54) is 29.2 Å². The number of anilines is 1. The fourth-order valence-electron chi connectivity index (χ4n) is 3.55. The Bertz CT molecular complexity index is 1320. The van der Waals surface area contributed by atoms with E-state index in [0.717, 1.165) is 4.57 Å². The van der Waals surface area contributed by atoms with Crippen molar-refractivity contribution in [1.29, 1.82) is 0 Å². The van der Waals surface area contributed by atoms with Gasteiger partial charge in [0.05, 0.1) is 30.6 Å². The number of nitrogens with zero attached hydrogens (tertiary/aromatic N) is 2. The molecule has 3 N–H and O–H groups in total. The summed E-state index contributed by atoms with van der Waals surface area (Å²) in [5, 5.41) is 12.0. The van der Waals surface area contributed by atoms with Crippen LogP contribution in [0.2, 0.25) is 5.02 Å². The molecule has 1 aliphatic rings. The van der Waals surface area contributed by atoms with Crippen molar-refractivity contribution in [3.63, 3.8) is 0 Å². The van der Waals surface area contributed by atoms with Gasteiger partial charge in [-0.05, 0) is 49.2 Å². The van der Waals surface area contributed by atoms with E-state index in [-0.39, 0.29) is 18.6 Å². The molecule has 1 saturated heterocycles. The van der Waals surface area contributed by atoms with Gasteiger partial charge in [0.15, 0.2) is 6.04 Å².